The van der Waals surface area contributed by atoms with Crippen molar-refractivity contribution in [3.05, 3.63) is 76.2 Å². The second-order valence-corrected chi connectivity index (χ2v) is 5.76. The van der Waals surface area contributed by atoms with Crippen molar-refractivity contribution >= 4 is 5.91 Å². The first kappa shape index (κ1) is 17.4. The van der Waals surface area contributed by atoms with Gasteiger partial charge in [0.2, 0.25) is 0 Å². The lowest BCUT2D eigenvalue weighted by atomic mass is 10.1. The average molecular weight is 353 g/mol. The van der Waals surface area contributed by atoms with Gasteiger partial charge in [-0.05, 0) is 23.8 Å². The summed E-state index contributed by atoms with van der Waals surface area (Å²) in [5.41, 5.74) is 0.718. The predicted octanol–water partition coefficient (Wildman–Crippen LogP) is 1.04. The van der Waals surface area contributed by atoms with E-state index in [4.69, 9.17) is 4.74 Å². The van der Waals surface area contributed by atoms with E-state index in [1.807, 2.05) is 42.1 Å². The molecule has 1 N–H and O–H groups in total. The van der Waals surface area contributed by atoms with Crippen molar-refractivity contribution in [2.45, 2.75) is 6.04 Å². The fraction of sp³-hybridized carbons (Fsp3) is 0.222. The lowest BCUT2D eigenvalue weighted by molar-refractivity contribution is 0.0934. The summed E-state index contributed by atoms with van der Waals surface area (Å²) in [6.07, 6.45) is 3.48. The first-order valence-corrected chi connectivity index (χ1v) is 7.96. The Morgan fingerprint density at radius 1 is 1.15 bits per heavy atom. The molecule has 0 spiro atoms. The Morgan fingerprint density at radius 3 is 2.46 bits per heavy atom. The molecule has 0 bridgehead atoms. The molecule has 0 saturated heterocycles. The minimum Gasteiger partial charge on any atom is -0.497 e. The standard InChI is InChI=1S/C18H19N5O3/c1-22-11-10-19-17(22)16(12-4-6-13(26-3)7-5-12)20-18(25)14-8-9-15(24)23(2)21-14/h4-11,16H,1-3H3,(H,20,25)/t16-/m1/s1. The van der Waals surface area contributed by atoms with Crippen LogP contribution in [0.5, 0.6) is 5.75 Å². The van der Waals surface area contributed by atoms with E-state index >= 15 is 0 Å². The van der Waals surface area contributed by atoms with Crippen LogP contribution in [0.15, 0.2) is 53.6 Å². The Balaban J connectivity index is 1.95. The van der Waals surface area contributed by atoms with Gasteiger partial charge in [-0.15, -0.1) is 0 Å². The van der Waals surface area contributed by atoms with Crippen LogP contribution >= 0.6 is 0 Å². The predicted molar refractivity (Wildman–Crippen MR) is 95.0 cm³/mol. The normalized spacial score (nSPS) is 11.8. The molecule has 1 amide bonds. The van der Waals surface area contributed by atoms with Crippen LogP contribution in [-0.4, -0.2) is 32.3 Å². The van der Waals surface area contributed by atoms with E-state index in [0.29, 0.717) is 5.82 Å². The maximum atomic E-state index is 12.7. The molecule has 1 atom stereocenters. The Kier molecular flexibility index (Phi) is 4.83. The van der Waals surface area contributed by atoms with Crippen LogP contribution in [0.4, 0.5) is 0 Å². The van der Waals surface area contributed by atoms with Gasteiger partial charge in [0, 0.05) is 32.6 Å². The third kappa shape index (κ3) is 3.49. The molecule has 1 aromatic carbocycles. The van der Waals surface area contributed by atoms with Crippen LogP contribution < -0.4 is 15.6 Å². The summed E-state index contributed by atoms with van der Waals surface area (Å²) < 4.78 is 8.15. The van der Waals surface area contributed by atoms with Crippen molar-refractivity contribution in [2.24, 2.45) is 14.1 Å². The topological polar surface area (TPSA) is 91.0 Å². The molecule has 8 heteroatoms. The lowest BCUT2D eigenvalue weighted by Gasteiger charge is -2.19. The molecule has 2 heterocycles. The number of aryl methyl sites for hydroxylation is 2. The molecule has 0 unspecified atom stereocenters. The van der Waals surface area contributed by atoms with Crippen LogP contribution in [0.1, 0.15) is 27.9 Å². The van der Waals surface area contributed by atoms with Crippen molar-refractivity contribution in [2.75, 3.05) is 7.11 Å². The summed E-state index contributed by atoms with van der Waals surface area (Å²) in [7, 11) is 4.95. The molecule has 26 heavy (non-hydrogen) atoms. The fourth-order valence-electron chi connectivity index (χ4n) is 2.58. The molecule has 2 aromatic heterocycles. The second-order valence-electron chi connectivity index (χ2n) is 5.76. The summed E-state index contributed by atoms with van der Waals surface area (Å²) in [6, 6.07) is 9.61. The summed E-state index contributed by atoms with van der Waals surface area (Å²) in [4.78, 5) is 28.5. The second kappa shape index (κ2) is 7.22. The first-order chi connectivity index (χ1) is 12.5. The zero-order chi connectivity index (χ0) is 18.7. The van der Waals surface area contributed by atoms with Gasteiger partial charge in [0.15, 0.2) is 0 Å². The zero-order valence-electron chi connectivity index (χ0n) is 14.7. The van der Waals surface area contributed by atoms with E-state index in [2.05, 4.69) is 15.4 Å². The van der Waals surface area contributed by atoms with Crippen molar-refractivity contribution in [3.63, 3.8) is 0 Å². The number of nitrogens with one attached hydrogen (secondary N) is 1. The summed E-state index contributed by atoms with van der Waals surface area (Å²) in [6.45, 7) is 0. The van der Waals surface area contributed by atoms with Crippen LogP contribution in [0.3, 0.4) is 0 Å². The molecule has 0 fully saturated rings. The quantitative estimate of drug-likeness (QED) is 0.740. The number of amides is 1. The zero-order valence-corrected chi connectivity index (χ0v) is 14.7. The third-order valence-corrected chi connectivity index (χ3v) is 4.03. The molecule has 0 aliphatic carbocycles. The largest absolute Gasteiger partial charge is 0.497 e. The van der Waals surface area contributed by atoms with Gasteiger partial charge in [-0.3, -0.25) is 9.59 Å². The molecule has 8 nitrogen and oxygen atoms in total. The molecule has 3 rings (SSSR count). The smallest absolute Gasteiger partial charge is 0.272 e. The van der Waals surface area contributed by atoms with Gasteiger partial charge in [-0.25, -0.2) is 9.67 Å². The monoisotopic (exact) mass is 353 g/mol. The van der Waals surface area contributed by atoms with Gasteiger partial charge < -0.3 is 14.6 Å². The number of nitrogens with zero attached hydrogens (tertiary/aromatic N) is 4. The number of rotatable bonds is 5. The average Bonchev–Trinajstić information content (AvgIpc) is 3.07. The van der Waals surface area contributed by atoms with Crippen LogP contribution in [0, 0.1) is 0 Å². The van der Waals surface area contributed by atoms with Crippen molar-refractivity contribution in [3.8, 4) is 5.75 Å². The molecular weight excluding hydrogens is 334 g/mol. The summed E-state index contributed by atoms with van der Waals surface area (Å²) in [5, 5.41) is 6.93. The molecule has 0 aliphatic rings. The number of imidazole rings is 1. The lowest BCUT2D eigenvalue weighted by Crippen LogP contribution is -2.33. The molecular formula is C18H19N5O3. The van der Waals surface area contributed by atoms with E-state index in [9.17, 15) is 9.59 Å². The van der Waals surface area contributed by atoms with Gasteiger partial charge in [0.1, 0.15) is 23.3 Å². The molecule has 0 radical (unpaired) electrons. The minimum absolute atomic E-state index is 0.153. The highest BCUT2D eigenvalue weighted by Gasteiger charge is 2.22. The fourth-order valence-corrected chi connectivity index (χ4v) is 2.58. The Morgan fingerprint density at radius 2 is 1.88 bits per heavy atom. The van der Waals surface area contributed by atoms with Gasteiger partial charge in [-0.1, -0.05) is 12.1 Å². The minimum atomic E-state index is -0.479. The van der Waals surface area contributed by atoms with Crippen molar-refractivity contribution in [1.29, 1.82) is 0 Å². The number of methoxy groups -OCH3 is 1. The number of hydrogen-bond acceptors (Lipinski definition) is 5. The highest BCUT2D eigenvalue weighted by molar-refractivity contribution is 5.92. The third-order valence-electron chi connectivity index (χ3n) is 4.03. The number of benzene rings is 1. The van der Waals surface area contributed by atoms with Gasteiger partial charge in [-0.2, -0.15) is 5.10 Å². The van der Waals surface area contributed by atoms with Crippen LogP contribution in [0.25, 0.3) is 0 Å². The molecule has 0 saturated carbocycles. The first-order valence-electron chi connectivity index (χ1n) is 7.96. The summed E-state index contributed by atoms with van der Waals surface area (Å²) in [5.74, 6) is 0.996. The van der Waals surface area contributed by atoms with Gasteiger partial charge in [0.25, 0.3) is 11.5 Å². The number of aromatic nitrogens is 4. The summed E-state index contributed by atoms with van der Waals surface area (Å²) >= 11 is 0. The Labute approximate surface area is 150 Å². The van der Waals surface area contributed by atoms with Crippen LogP contribution in [-0.2, 0) is 14.1 Å². The van der Waals surface area contributed by atoms with E-state index < -0.39 is 11.9 Å². The SMILES string of the molecule is COc1ccc([C@@H](NC(=O)c2ccc(=O)n(C)n2)c2nccn2C)cc1. The highest BCUT2D eigenvalue weighted by Crippen LogP contribution is 2.23. The van der Waals surface area contributed by atoms with E-state index in [-0.39, 0.29) is 11.3 Å². The van der Waals surface area contributed by atoms with Gasteiger partial charge >= 0.3 is 0 Å². The van der Waals surface area contributed by atoms with Crippen LogP contribution in [0.2, 0.25) is 0 Å². The van der Waals surface area contributed by atoms with Gasteiger partial charge in [0.05, 0.1) is 7.11 Å². The molecule has 3 aromatic rings. The molecule has 0 aliphatic heterocycles. The maximum Gasteiger partial charge on any atom is 0.272 e. The number of hydrogen-bond donors (Lipinski definition) is 1. The Bertz CT molecular complexity index is 975. The number of ether oxygens (including phenoxy) is 1. The van der Waals surface area contributed by atoms with Crippen molar-refractivity contribution < 1.29 is 9.53 Å². The number of carbonyl (C=O) groups is 1. The molecule has 134 valence electrons. The van der Waals surface area contributed by atoms with E-state index in [1.54, 1.807) is 13.3 Å². The van der Waals surface area contributed by atoms with E-state index in [1.165, 1.54) is 19.2 Å². The van der Waals surface area contributed by atoms with Crippen molar-refractivity contribution in [1.82, 2.24) is 24.6 Å². The highest BCUT2D eigenvalue weighted by atomic mass is 16.5. The number of carbonyl (C=O) groups excluding carboxylic acids is 1. The van der Waals surface area contributed by atoms with E-state index in [0.717, 1.165) is 16.0 Å². The maximum absolute atomic E-state index is 12.7. The Hall–Kier alpha value is -3.42.